The Hall–Kier alpha value is -0.430. The van der Waals surface area contributed by atoms with Crippen LogP contribution >= 0.6 is 0 Å². The van der Waals surface area contributed by atoms with Gasteiger partial charge in [0.1, 0.15) is 0 Å². The van der Waals surface area contributed by atoms with Crippen molar-refractivity contribution in [1.29, 1.82) is 0 Å². The normalized spacial score (nSPS) is 15.4. The first-order valence-corrected chi connectivity index (χ1v) is 7.80. The molecule has 0 saturated heterocycles. The Morgan fingerprint density at radius 1 is 1.19 bits per heavy atom. The van der Waals surface area contributed by atoms with E-state index in [9.17, 15) is 0 Å². The minimum absolute atomic E-state index is 1.20. The molecule has 0 N–H and O–H groups in total. The summed E-state index contributed by atoms with van der Waals surface area (Å²) in [6, 6.07) is 10.8. The Labute approximate surface area is 113 Å². The van der Waals surface area contributed by atoms with Gasteiger partial charge in [-0.2, -0.15) is 0 Å². The van der Waals surface area contributed by atoms with Crippen molar-refractivity contribution in [3.8, 4) is 0 Å². The monoisotopic (exact) mass is 377 g/mol. The molecule has 0 amide bonds. The molecule has 0 unspecified atom stereocenters. The van der Waals surface area contributed by atoms with Crippen LogP contribution in [0.5, 0.6) is 0 Å². The predicted octanol–water partition coefficient (Wildman–Crippen LogP) is 4.46. The van der Waals surface area contributed by atoms with Crippen molar-refractivity contribution >= 4 is 5.57 Å². The number of hydrogen-bond acceptors (Lipinski definition) is 0. The van der Waals surface area contributed by atoms with E-state index in [0.717, 1.165) is 0 Å². The van der Waals surface area contributed by atoms with Crippen molar-refractivity contribution < 1.29 is 24.4 Å². The molecule has 0 radical (unpaired) electrons. The zero-order chi connectivity index (χ0) is 11.4. The Morgan fingerprint density at radius 3 is 2.62 bits per heavy atom. The average Bonchev–Trinajstić information content (AvgIpc) is 2.69. The van der Waals surface area contributed by atoms with Crippen LogP contribution < -0.4 is 0 Å². The average molecular weight is 376 g/mol. The predicted molar refractivity (Wildman–Crippen MR) is 65.6 cm³/mol. The van der Waals surface area contributed by atoms with E-state index in [1.165, 1.54) is 61.2 Å². The van der Waals surface area contributed by atoms with Gasteiger partial charge in [-0.25, -0.2) is 0 Å². The number of allylic oxidation sites excluding steroid dienone is 4. The van der Waals surface area contributed by atoms with Gasteiger partial charge in [-0.15, -0.1) is 0 Å². The number of rotatable bonds is 4. The van der Waals surface area contributed by atoms with Gasteiger partial charge in [-0.3, -0.25) is 0 Å². The summed E-state index contributed by atoms with van der Waals surface area (Å²) in [7, 11) is 0. The first kappa shape index (κ1) is 12.0. The van der Waals surface area contributed by atoms with E-state index in [4.69, 9.17) is 0 Å². The van der Waals surface area contributed by atoms with Gasteiger partial charge >= 0.3 is 113 Å². The first-order valence-electron chi connectivity index (χ1n) is 6.01. The van der Waals surface area contributed by atoms with Gasteiger partial charge in [0.05, 0.1) is 0 Å². The van der Waals surface area contributed by atoms with Crippen molar-refractivity contribution in [2.45, 2.75) is 32.6 Å². The fourth-order valence-corrected chi connectivity index (χ4v) is 3.70. The van der Waals surface area contributed by atoms with Crippen LogP contribution in [0, 0.1) is 0 Å². The van der Waals surface area contributed by atoms with Crippen LogP contribution in [-0.4, -0.2) is 0 Å². The molecule has 0 saturated carbocycles. The molecule has 81 valence electrons. The third kappa shape index (κ3) is 2.82. The van der Waals surface area contributed by atoms with Crippen LogP contribution in [0.4, 0.5) is 0 Å². The Bertz CT molecular complexity index is 412. The van der Waals surface area contributed by atoms with Crippen LogP contribution in [0.3, 0.4) is 0 Å². The summed E-state index contributed by atoms with van der Waals surface area (Å²) >= 11 is 1.20. The SMILES string of the molecule is CCCCC1=CC(c2ccccc2)=[C]([Hf])C1. The van der Waals surface area contributed by atoms with Crippen LogP contribution in [0.1, 0.15) is 38.2 Å². The molecule has 0 atom stereocenters. The third-order valence-corrected chi connectivity index (χ3v) is 4.62. The van der Waals surface area contributed by atoms with Gasteiger partial charge in [-0.05, 0) is 0 Å². The molecule has 0 aliphatic heterocycles. The molecule has 1 aliphatic carbocycles. The van der Waals surface area contributed by atoms with E-state index in [-0.39, 0.29) is 0 Å². The van der Waals surface area contributed by atoms with Crippen molar-refractivity contribution in [1.82, 2.24) is 0 Å². The number of hydrogen-bond donors (Lipinski definition) is 0. The van der Waals surface area contributed by atoms with E-state index < -0.39 is 0 Å². The third-order valence-electron chi connectivity index (χ3n) is 3.01. The number of unbranched alkanes of at least 4 members (excludes halogenated alkanes) is 1. The first-order chi connectivity index (χ1) is 7.81. The van der Waals surface area contributed by atoms with Gasteiger partial charge in [0, 0.05) is 0 Å². The van der Waals surface area contributed by atoms with Crippen LogP contribution in [-0.2, 0) is 24.4 Å². The topological polar surface area (TPSA) is 0 Å². The van der Waals surface area contributed by atoms with E-state index in [1.54, 1.807) is 8.90 Å². The van der Waals surface area contributed by atoms with E-state index in [1.807, 2.05) is 0 Å². The fraction of sp³-hybridized carbons (Fsp3) is 0.333. The fourth-order valence-electron chi connectivity index (χ4n) is 2.10. The van der Waals surface area contributed by atoms with Crippen molar-refractivity contribution in [3.63, 3.8) is 0 Å². The molecule has 0 fully saturated rings. The molecule has 2 rings (SSSR count). The maximum absolute atomic E-state index is 2.44. The molecule has 1 aromatic rings. The molecule has 0 heterocycles. The zero-order valence-corrected chi connectivity index (χ0v) is 13.4. The number of benzene rings is 1. The summed E-state index contributed by atoms with van der Waals surface area (Å²) in [5, 5.41) is 0. The molecule has 0 bridgehead atoms. The van der Waals surface area contributed by atoms with Gasteiger partial charge in [0.2, 0.25) is 0 Å². The van der Waals surface area contributed by atoms with Crippen LogP contribution in [0.2, 0.25) is 0 Å². The Morgan fingerprint density at radius 2 is 1.94 bits per heavy atom. The second-order valence-electron chi connectivity index (χ2n) is 4.34. The summed E-state index contributed by atoms with van der Waals surface area (Å²) in [5.41, 5.74) is 4.56. The van der Waals surface area contributed by atoms with Gasteiger partial charge in [-0.1, -0.05) is 0 Å². The van der Waals surface area contributed by atoms with E-state index in [0.29, 0.717) is 0 Å². The molecular formula is C15H17Hf. The second-order valence-corrected chi connectivity index (χ2v) is 6.51. The molecule has 1 aromatic carbocycles. The van der Waals surface area contributed by atoms with Crippen LogP contribution in [0.25, 0.3) is 5.57 Å². The Kier molecular flexibility index (Phi) is 4.34. The molecule has 0 aromatic heterocycles. The zero-order valence-electron chi connectivity index (χ0n) is 9.79. The summed E-state index contributed by atoms with van der Waals surface area (Å²) in [5.74, 6) is 0. The van der Waals surface area contributed by atoms with Gasteiger partial charge < -0.3 is 0 Å². The molecule has 1 heteroatoms. The van der Waals surface area contributed by atoms with E-state index in [2.05, 4.69) is 43.3 Å². The molecule has 0 nitrogen and oxygen atoms in total. The standard InChI is InChI=1S/C15H17.Hf/c1-2-3-7-13-10-11-15(12-13)14-8-5-4-6-9-14;/h4-6,8-9,12H,2-3,7,10H2,1H3;. The van der Waals surface area contributed by atoms with Crippen LogP contribution in [0.15, 0.2) is 45.3 Å². The molecular weight excluding hydrogens is 359 g/mol. The molecule has 1 aliphatic rings. The summed E-state index contributed by atoms with van der Waals surface area (Å²) in [6.07, 6.45) is 7.61. The summed E-state index contributed by atoms with van der Waals surface area (Å²) in [6.45, 7) is 2.27. The minimum atomic E-state index is 1.20. The van der Waals surface area contributed by atoms with Gasteiger partial charge in [0.25, 0.3) is 0 Å². The second kappa shape index (κ2) is 5.77. The van der Waals surface area contributed by atoms with Crippen molar-refractivity contribution in [3.05, 3.63) is 50.9 Å². The molecule has 0 spiro atoms. The van der Waals surface area contributed by atoms with Crippen molar-refractivity contribution in [2.75, 3.05) is 0 Å². The van der Waals surface area contributed by atoms with Gasteiger partial charge in [0.15, 0.2) is 0 Å². The quantitative estimate of drug-likeness (QED) is 0.681. The molecule has 16 heavy (non-hydrogen) atoms. The summed E-state index contributed by atoms with van der Waals surface area (Å²) in [4.78, 5) is 0. The summed E-state index contributed by atoms with van der Waals surface area (Å²) < 4.78 is 1.66. The maximum atomic E-state index is 2.44. The van der Waals surface area contributed by atoms with E-state index >= 15 is 0 Å². The Balaban J connectivity index is 2.15. The van der Waals surface area contributed by atoms with Crippen molar-refractivity contribution in [2.24, 2.45) is 0 Å².